The number of fused-ring (bicyclic) bond motifs is 3. The first-order chi connectivity index (χ1) is 13.9. The minimum absolute atomic E-state index is 0.0196. The topological polar surface area (TPSA) is 49.9 Å². The van der Waals surface area contributed by atoms with Crippen LogP contribution in [0.4, 0.5) is 0 Å². The van der Waals surface area contributed by atoms with E-state index in [0.29, 0.717) is 25.9 Å². The molecule has 4 rings (SSSR count). The standard InChI is InChI=1S/C24H28N2O3/c1-24(2)16-26-20(18-9-5-6-10-19(18)24)14-25(15-23(26)28)22(27)13-12-17-8-4-7-11-21(17)29-3/h4-11,20H,12-16H2,1-3H3. The van der Waals surface area contributed by atoms with Crippen LogP contribution in [0, 0.1) is 0 Å². The molecule has 0 bridgehead atoms. The van der Waals surface area contributed by atoms with Crippen molar-refractivity contribution >= 4 is 11.8 Å². The molecular formula is C24H28N2O3. The van der Waals surface area contributed by atoms with Crippen molar-refractivity contribution in [2.24, 2.45) is 0 Å². The normalized spacial score (nSPS) is 20.1. The van der Waals surface area contributed by atoms with Gasteiger partial charge in [-0.2, -0.15) is 0 Å². The SMILES string of the molecule is COc1ccccc1CCC(=O)N1CC(=O)N2CC(C)(C)c3ccccc3C2C1. The van der Waals surface area contributed by atoms with E-state index >= 15 is 0 Å². The van der Waals surface area contributed by atoms with Crippen LogP contribution >= 0.6 is 0 Å². The van der Waals surface area contributed by atoms with Gasteiger partial charge in [-0.3, -0.25) is 9.59 Å². The fourth-order valence-electron chi connectivity index (χ4n) is 4.68. The summed E-state index contributed by atoms with van der Waals surface area (Å²) in [6.07, 6.45) is 0.971. The van der Waals surface area contributed by atoms with E-state index < -0.39 is 0 Å². The molecule has 29 heavy (non-hydrogen) atoms. The minimum atomic E-state index is -0.0845. The molecule has 2 aromatic rings. The van der Waals surface area contributed by atoms with Crippen LogP contribution in [0.1, 0.15) is 43.0 Å². The van der Waals surface area contributed by atoms with Crippen molar-refractivity contribution in [3.05, 3.63) is 65.2 Å². The Morgan fingerprint density at radius 1 is 1.14 bits per heavy atom. The third kappa shape index (κ3) is 3.61. The second kappa shape index (κ2) is 7.54. The third-order valence-corrected chi connectivity index (χ3v) is 6.18. The first-order valence-corrected chi connectivity index (χ1v) is 10.2. The van der Waals surface area contributed by atoms with Crippen molar-refractivity contribution in [2.45, 2.75) is 38.1 Å². The molecular weight excluding hydrogens is 364 g/mol. The Kier molecular flexibility index (Phi) is 5.07. The minimum Gasteiger partial charge on any atom is -0.496 e. The van der Waals surface area contributed by atoms with Crippen molar-refractivity contribution in [3.8, 4) is 5.75 Å². The molecule has 5 nitrogen and oxygen atoms in total. The Bertz CT molecular complexity index is 937. The molecule has 0 aromatic heterocycles. The van der Waals surface area contributed by atoms with Crippen LogP contribution in [-0.4, -0.2) is 48.4 Å². The molecule has 0 aliphatic carbocycles. The number of rotatable bonds is 4. The van der Waals surface area contributed by atoms with Crippen molar-refractivity contribution in [3.63, 3.8) is 0 Å². The number of amides is 2. The maximum absolute atomic E-state index is 12.9. The molecule has 2 aliphatic rings. The third-order valence-electron chi connectivity index (χ3n) is 6.18. The summed E-state index contributed by atoms with van der Waals surface area (Å²) in [5.74, 6) is 0.852. The fourth-order valence-corrected chi connectivity index (χ4v) is 4.68. The van der Waals surface area contributed by atoms with Crippen LogP contribution in [0.25, 0.3) is 0 Å². The van der Waals surface area contributed by atoms with E-state index in [2.05, 4.69) is 32.0 Å². The number of aryl methyl sites for hydroxylation is 1. The van der Waals surface area contributed by atoms with Gasteiger partial charge >= 0.3 is 0 Å². The van der Waals surface area contributed by atoms with E-state index in [1.165, 1.54) is 11.1 Å². The van der Waals surface area contributed by atoms with E-state index in [9.17, 15) is 9.59 Å². The monoisotopic (exact) mass is 392 g/mol. The Morgan fingerprint density at radius 3 is 2.66 bits per heavy atom. The van der Waals surface area contributed by atoms with E-state index in [1.807, 2.05) is 35.2 Å². The lowest BCUT2D eigenvalue weighted by atomic mass is 9.75. The lowest BCUT2D eigenvalue weighted by molar-refractivity contribution is -0.150. The average Bonchev–Trinajstić information content (AvgIpc) is 2.73. The molecule has 1 fully saturated rings. The van der Waals surface area contributed by atoms with Crippen molar-refractivity contribution in [2.75, 3.05) is 26.7 Å². The Labute approximate surface area is 172 Å². The van der Waals surface area contributed by atoms with Gasteiger partial charge in [0.25, 0.3) is 0 Å². The van der Waals surface area contributed by atoms with E-state index in [0.717, 1.165) is 11.3 Å². The number of benzene rings is 2. The maximum Gasteiger partial charge on any atom is 0.242 e. The Hall–Kier alpha value is -2.82. The lowest BCUT2D eigenvalue weighted by Gasteiger charge is -2.49. The Morgan fingerprint density at radius 2 is 1.86 bits per heavy atom. The first kappa shape index (κ1) is 19.5. The molecule has 0 spiro atoms. The molecule has 152 valence electrons. The predicted molar refractivity (Wildman–Crippen MR) is 112 cm³/mol. The summed E-state index contributed by atoms with van der Waals surface area (Å²) in [6.45, 7) is 5.78. The molecule has 5 heteroatoms. The lowest BCUT2D eigenvalue weighted by Crippen LogP contribution is -2.58. The molecule has 2 heterocycles. The predicted octanol–water partition coefficient (Wildman–Crippen LogP) is 3.33. The summed E-state index contributed by atoms with van der Waals surface area (Å²) in [7, 11) is 1.64. The summed E-state index contributed by atoms with van der Waals surface area (Å²) in [5.41, 5.74) is 3.37. The number of piperazine rings is 1. The molecule has 2 aromatic carbocycles. The summed E-state index contributed by atoms with van der Waals surface area (Å²) in [4.78, 5) is 29.6. The van der Waals surface area contributed by atoms with Gasteiger partial charge in [0.1, 0.15) is 5.75 Å². The number of nitrogens with zero attached hydrogens (tertiary/aromatic N) is 2. The van der Waals surface area contributed by atoms with Gasteiger partial charge in [-0.05, 0) is 29.2 Å². The number of para-hydroxylation sites is 1. The van der Waals surface area contributed by atoms with Crippen LogP contribution in [0.5, 0.6) is 5.75 Å². The zero-order valence-electron chi connectivity index (χ0n) is 17.4. The van der Waals surface area contributed by atoms with Crippen molar-refractivity contribution in [1.82, 2.24) is 9.80 Å². The van der Waals surface area contributed by atoms with Gasteiger partial charge in [0.2, 0.25) is 11.8 Å². The number of methoxy groups -OCH3 is 1. The van der Waals surface area contributed by atoms with Crippen LogP contribution in [0.3, 0.4) is 0 Å². The van der Waals surface area contributed by atoms with Gasteiger partial charge < -0.3 is 14.5 Å². The van der Waals surface area contributed by atoms with Gasteiger partial charge in [0.15, 0.2) is 0 Å². The zero-order valence-corrected chi connectivity index (χ0v) is 17.4. The number of carbonyl (C=O) groups excluding carboxylic acids is 2. The number of carbonyl (C=O) groups is 2. The largest absolute Gasteiger partial charge is 0.496 e. The average molecular weight is 392 g/mol. The highest BCUT2D eigenvalue weighted by atomic mass is 16.5. The second-order valence-corrected chi connectivity index (χ2v) is 8.59. The zero-order chi connectivity index (χ0) is 20.6. The highest BCUT2D eigenvalue weighted by Crippen LogP contribution is 2.41. The van der Waals surface area contributed by atoms with Crippen LogP contribution < -0.4 is 4.74 Å². The van der Waals surface area contributed by atoms with Gasteiger partial charge in [0.05, 0.1) is 19.7 Å². The fraction of sp³-hybridized carbons (Fsp3) is 0.417. The second-order valence-electron chi connectivity index (χ2n) is 8.59. The molecule has 1 unspecified atom stereocenters. The van der Waals surface area contributed by atoms with Crippen molar-refractivity contribution in [1.29, 1.82) is 0 Å². The molecule has 0 radical (unpaired) electrons. The quantitative estimate of drug-likeness (QED) is 0.802. The van der Waals surface area contributed by atoms with Gasteiger partial charge in [-0.25, -0.2) is 0 Å². The molecule has 1 saturated heterocycles. The number of hydrogen-bond donors (Lipinski definition) is 0. The molecule has 0 N–H and O–H groups in total. The molecule has 2 aliphatic heterocycles. The van der Waals surface area contributed by atoms with E-state index in [4.69, 9.17) is 4.74 Å². The summed E-state index contributed by atoms with van der Waals surface area (Å²) in [5, 5.41) is 0. The molecule has 1 atom stereocenters. The van der Waals surface area contributed by atoms with E-state index in [-0.39, 0.29) is 29.8 Å². The smallest absolute Gasteiger partial charge is 0.242 e. The number of hydrogen-bond acceptors (Lipinski definition) is 3. The highest BCUT2D eigenvalue weighted by molar-refractivity contribution is 5.87. The van der Waals surface area contributed by atoms with Gasteiger partial charge in [-0.1, -0.05) is 56.3 Å². The highest BCUT2D eigenvalue weighted by Gasteiger charge is 2.43. The van der Waals surface area contributed by atoms with Crippen LogP contribution in [0.2, 0.25) is 0 Å². The van der Waals surface area contributed by atoms with Crippen LogP contribution in [0.15, 0.2) is 48.5 Å². The van der Waals surface area contributed by atoms with Crippen molar-refractivity contribution < 1.29 is 14.3 Å². The summed E-state index contributed by atoms with van der Waals surface area (Å²) >= 11 is 0. The summed E-state index contributed by atoms with van der Waals surface area (Å²) < 4.78 is 5.38. The molecule has 0 saturated carbocycles. The van der Waals surface area contributed by atoms with Crippen LogP contribution in [-0.2, 0) is 21.4 Å². The van der Waals surface area contributed by atoms with Gasteiger partial charge in [-0.15, -0.1) is 0 Å². The number of ether oxygens (including phenoxy) is 1. The van der Waals surface area contributed by atoms with Gasteiger partial charge in [0, 0.05) is 24.9 Å². The maximum atomic E-state index is 12.9. The first-order valence-electron chi connectivity index (χ1n) is 10.2. The Balaban J connectivity index is 1.51. The molecule has 2 amide bonds. The summed E-state index contributed by atoms with van der Waals surface area (Å²) in [6, 6.07) is 16.0. The van der Waals surface area contributed by atoms with E-state index in [1.54, 1.807) is 12.0 Å².